The fraction of sp³-hybridized carbons (Fsp3) is 0.353. The molecule has 1 saturated heterocycles. The molecule has 0 radical (unpaired) electrons. The highest BCUT2D eigenvalue weighted by molar-refractivity contribution is 6.30. The van der Waals surface area contributed by atoms with Gasteiger partial charge in [0.2, 0.25) is 5.91 Å². The summed E-state index contributed by atoms with van der Waals surface area (Å²) in [7, 11) is 0. The molecular weight excluding hydrogens is 330 g/mol. The van der Waals surface area contributed by atoms with Crippen LogP contribution in [0.2, 0.25) is 5.02 Å². The van der Waals surface area contributed by atoms with Crippen LogP contribution < -0.4 is 5.73 Å². The lowest BCUT2D eigenvalue weighted by atomic mass is 9.93. The summed E-state index contributed by atoms with van der Waals surface area (Å²) in [5.41, 5.74) is 6.27. The number of nitrogens with two attached hydrogens (primary N) is 1. The molecule has 1 aromatic carbocycles. The Labute approximate surface area is 144 Å². The maximum atomic E-state index is 12.5. The number of likely N-dealkylation sites (tertiary alicyclic amines) is 1. The number of aromatic nitrogens is 1. The van der Waals surface area contributed by atoms with Crippen molar-refractivity contribution in [2.75, 3.05) is 13.1 Å². The van der Waals surface area contributed by atoms with Gasteiger partial charge in [-0.1, -0.05) is 28.9 Å². The van der Waals surface area contributed by atoms with E-state index in [9.17, 15) is 9.59 Å². The van der Waals surface area contributed by atoms with Crippen molar-refractivity contribution in [2.45, 2.75) is 19.3 Å². The summed E-state index contributed by atoms with van der Waals surface area (Å²) in [6, 6.07) is 8.81. The van der Waals surface area contributed by atoms with Crippen molar-refractivity contribution in [1.29, 1.82) is 0 Å². The minimum absolute atomic E-state index is 0.162. The number of hydrogen-bond acceptors (Lipinski definition) is 4. The first kappa shape index (κ1) is 16.5. The van der Waals surface area contributed by atoms with E-state index in [1.54, 1.807) is 23.1 Å². The first-order valence-corrected chi connectivity index (χ1v) is 8.21. The van der Waals surface area contributed by atoms with Gasteiger partial charge in [-0.2, -0.15) is 0 Å². The normalized spacial score (nSPS) is 15.5. The quantitative estimate of drug-likeness (QED) is 0.920. The van der Waals surface area contributed by atoms with Gasteiger partial charge < -0.3 is 15.2 Å². The lowest BCUT2D eigenvalue weighted by Gasteiger charge is -2.30. The zero-order chi connectivity index (χ0) is 17.1. The molecule has 2 aromatic rings. The van der Waals surface area contributed by atoms with Gasteiger partial charge in [0.05, 0.1) is 0 Å². The van der Waals surface area contributed by atoms with Crippen LogP contribution in [-0.4, -0.2) is 35.0 Å². The van der Waals surface area contributed by atoms with Crippen molar-refractivity contribution >= 4 is 23.4 Å². The van der Waals surface area contributed by atoms with E-state index in [1.165, 1.54) is 0 Å². The van der Waals surface area contributed by atoms with Gasteiger partial charge in [-0.05, 0) is 30.9 Å². The summed E-state index contributed by atoms with van der Waals surface area (Å²) in [6.45, 7) is 1.19. The number of carbonyl (C=O) groups is 2. The van der Waals surface area contributed by atoms with Gasteiger partial charge in [0, 0.05) is 36.2 Å². The number of hydrogen-bond donors (Lipinski definition) is 1. The van der Waals surface area contributed by atoms with Gasteiger partial charge in [0.15, 0.2) is 11.5 Å². The molecule has 2 N–H and O–H groups in total. The Bertz CT molecular complexity index is 751. The fourth-order valence-electron chi connectivity index (χ4n) is 2.94. The van der Waals surface area contributed by atoms with E-state index in [2.05, 4.69) is 5.16 Å². The van der Waals surface area contributed by atoms with Gasteiger partial charge in [-0.3, -0.25) is 9.59 Å². The van der Waals surface area contributed by atoms with Gasteiger partial charge in [0.1, 0.15) is 0 Å². The third kappa shape index (κ3) is 3.76. The van der Waals surface area contributed by atoms with Gasteiger partial charge in [-0.25, -0.2) is 0 Å². The summed E-state index contributed by atoms with van der Waals surface area (Å²) >= 11 is 5.97. The summed E-state index contributed by atoms with van der Waals surface area (Å²) < 4.78 is 5.27. The van der Waals surface area contributed by atoms with Crippen molar-refractivity contribution in [3.05, 3.63) is 41.0 Å². The van der Waals surface area contributed by atoms with E-state index >= 15 is 0 Å². The standard InChI is InChI=1S/C17H18ClN3O3/c18-13-3-1-2-12(9-13)15-10-14(20-24-15)17(23)21-6-4-11(5-7-21)8-16(19)22/h1-3,9-11H,4-8H2,(H2,19,22). The molecular formula is C17H18ClN3O3. The molecule has 1 aliphatic heterocycles. The number of carbonyl (C=O) groups excluding carboxylic acids is 2. The Morgan fingerprint density at radius 3 is 2.71 bits per heavy atom. The largest absolute Gasteiger partial charge is 0.370 e. The van der Waals surface area contributed by atoms with Crippen LogP contribution in [0, 0.1) is 5.92 Å². The zero-order valence-corrected chi connectivity index (χ0v) is 13.8. The van der Waals surface area contributed by atoms with Crippen LogP contribution in [0.4, 0.5) is 0 Å². The topological polar surface area (TPSA) is 89.4 Å². The molecule has 2 amide bonds. The molecule has 0 spiro atoms. The van der Waals surface area contributed by atoms with E-state index in [1.807, 2.05) is 12.1 Å². The summed E-state index contributed by atoms with van der Waals surface area (Å²) in [6.07, 6.45) is 1.92. The summed E-state index contributed by atoms with van der Waals surface area (Å²) in [5, 5.41) is 4.47. The molecule has 24 heavy (non-hydrogen) atoms. The highest BCUT2D eigenvalue weighted by Crippen LogP contribution is 2.25. The van der Waals surface area contributed by atoms with E-state index in [4.69, 9.17) is 21.9 Å². The first-order valence-electron chi connectivity index (χ1n) is 7.83. The van der Waals surface area contributed by atoms with Crippen molar-refractivity contribution < 1.29 is 14.1 Å². The molecule has 0 unspecified atom stereocenters. The van der Waals surface area contributed by atoms with Crippen LogP contribution in [0.25, 0.3) is 11.3 Å². The lowest BCUT2D eigenvalue weighted by molar-refractivity contribution is -0.119. The Kier molecular flexibility index (Phi) is 4.85. The number of rotatable bonds is 4. The Morgan fingerprint density at radius 1 is 1.29 bits per heavy atom. The maximum Gasteiger partial charge on any atom is 0.276 e. The van der Waals surface area contributed by atoms with Gasteiger partial charge >= 0.3 is 0 Å². The zero-order valence-electron chi connectivity index (χ0n) is 13.1. The number of amides is 2. The molecule has 1 fully saturated rings. The number of primary amides is 1. The van der Waals surface area contributed by atoms with Crippen LogP contribution >= 0.6 is 11.6 Å². The number of nitrogens with zero attached hydrogens (tertiary/aromatic N) is 2. The van der Waals surface area contributed by atoms with Crippen molar-refractivity contribution in [3.8, 4) is 11.3 Å². The molecule has 126 valence electrons. The average molecular weight is 348 g/mol. The predicted molar refractivity (Wildman–Crippen MR) is 89.4 cm³/mol. The van der Waals surface area contributed by atoms with Crippen LogP contribution in [-0.2, 0) is 4.79 Å². The third-order valence-corrected chi connectivity index (χ3v) is 4.47. The first-order chi connectivity index (χ1) is 11.5. The van der Waals surface area contributed by atoms with Crippen molar-refractivity contribution in [3.63, 3.8) is 0 Å². The maximum absolute atomic E-state index is 12.5. The predicted octanol–water partition coefficient (Wildman–Crippen LogP) is 2.72. The third-order valence-electron chi connectivity index (χ3n) is 4.23. The molecule has 0 aliphatic carbocycles. The van der Waals surface area contributed by atoms with E-state index < -0.39 is 0 Å². The highest BCUT2D eigenvalue weighted by Gasteiger charge is 2.26. The molecule has 0 saturated carbocycles. The summed E-state index contributed by atoms with van der Waals surface area (Å²) in [5.74, 6) is 0.308. The monoisotopic (exact) mass is 347 g/mol. The Balaban J connectivity index is 1.65. The number of benzene rings is 1. The summed E-state index contributed by atoms with van der Waals surface area (Å²) in [4.78, 5) is 25.2. The van der Waals surface area contributed by atoms with Crippen molar-refractivity contribution in [2.24, 2.45) is 11.7 Å². The number of halogens is 1. The Hall–Kier alpha value is -2.34. The molecule has 6 nitrogen and oxygen atoms in total. The van der Waals surface area contributed by atoms with Crippen LogP contribution in [0.15, 0.2) is 34.9 Å². The lowest BCUT2D eigenvalue weighted by Crippen LogP contribution is -2.39. The SMILES string of the molecule is NC(=O)CC1CCN(C(=O)c2cc(-c3cccc(Cl)c3)on2)CC1. The second-order valence-electron chi connectivity index (χ2n) is 5.99. The van der Waals surface area contributed by atoms with E-state index in [0.717, 1.165) is 18.4 Å². The molecule has 3 rings (SSSR count). The van der Waals surface area contributed by atoms with Crippen molar-refractivity contribution in [1.82, 2.24) is 10.1 Å². The van der Waals surface area contributed by atoms with E-state index in [0.29, 0.717) is 30.3 Å². The van der Waals surface area contributed by atoms with Gasteiger partial charge in [-0.15, -0.1) is 0 Å². The molecule has 0 bridgehead atoms. The van der Waals surface area contributed by atoms with Crippen LogP contribution in [0.3, 0.4) is 0 Å². The minimum atomic E-state index is -0.289. The van der Waals surface area contributed by atoms with Gasteiger partial charge in [0.25, 0.3) is 5.91 Å². The van der Waals surface area contributed by atoms with E-state index in [-0.39, 0.29) is 23.4 Å². The molecule has 0 atom stereocenters. The minimum Gasteiger partial charge on any atom is -0.370 e. The second-order valence-corrected chi connectivity index (χ2v) is 6.43. The smallest absolute Gasteiger partial charge is 0.276 e. The number of piperidine rings is 1. The molecule has 2 heterocycles. The van der Waals surface area contributed by atoms with Crippen LogP contribution in [0.1, 0.15) is 29.8 Å². The molecule has 1 aromatic heterocycles. The molecule has 1 aliphatic rings. The second kappa shape index (κ2) is 7.05. The van der Waals surface area contributed by atoms with Crippen LogP contribution in [0.5, 0.6) is 0 Å². The fourth-order valence-corrected chi connectivity index (χ4v) is 3.13. The molecule has 7 heteroatoms. The highest BCUT2D eigenvalue weighted by atomic mass is 35.5. The Morgan fingerprint density at radius 2 is 2.04 bits per heavy atom. The average Bonchev–Trinajstić information content (AvgIpc) is 3.04.